The van der Waals surface area contributed by atoms with Crippen molar-refractivity contribution in [2.75, 3.05) is 13.2 Å². The molecule has 0 spiro atoms. The van der Waals surface area contributed by atoms with Gasteiger partial charge in [0.1, 0.15) is 17.5 Å². The summed E-state index contributed by atoms with van der Waals surface area (Å²) in [7, 11) is 0. The molecule has 0 aliphatic carbocycles. The molecular formula is C26H25BrN2O5S. The van der Waals surface area contributed by atoms with Crippen LogP contribution in [-0.4, -0.2) is 28.9 Å². The normalized spacial score (nSPS) is 15.5. The summed E-state index contributed by atoms with van der Waals surface area (Å²) >= 11 is 4.60. The molecule has 4 rings (SSSR count). The molecule has 9 heteroatoms. The van der Waals surface area contributed by atoms with Gasteiger partial charge in [-0.05, 0) is 50.6 Å². The van der Waals surface area contributed by atoms with E-state index in [0.717, 1.165) is 10.9 Å². The van der Waals surface area contributed by atoms with Gasteiger partial charge in [-0.2, -0.15) is 0 Å². The van der Waals surface area contributed by atoms with E-state index in [1.165, 1.54) is 15.9 Å². The molecule has 1 atom stereocenters. The van der Waals surface area contributed by atoms with Crippen molar-refractivity contribution >= 4 is 39.3 Å². The lowest BCUT2D eigenvalue weighted by atomic mass is 9.95. The number of aromatic hydroxyl groups is 1. The fraction of sp³-hybridized carbons (Fsp3) is 0.269. The maximum absolute atomic E-state index is 13.7. The van der Waals surface area contributed by atoms with Crippen LogP contribution < -0.4 is 19.6 Å². The van der Waals surface area contributed by atoms with Crippen LogP contribution in [0.2, 0.25) is 0 Å². The van der Waals surface area contributed by atoms with Crippen molar-refractivity contribution in [3.05, 3.63) is 89.0 Å². The van der Waals surface area contributed by atoms with Crippen molar-refractivity contribution in [2.24, 2.45) is 4.99 Å². The lowest BCUT2D eigenvalue weighted by Gasteiger charge is -2.26. The molecule has 1 aliphatic heterocycles. The Labute approximate surface area is 214 Å². The summed E-state index contributed by atoms with van der Waals surface area (Å²) in [5, 5.41) is 10.3. The molecule has 0 radical (unpaired) electrons. The highest BCUT2D eigenvalue weighted by Gasteiger charge is 2.35. The van der Waals surface area contributed by atoms with Gasteiger partial charge in [0.25, 0.3) is 5.56 Å². The molecule has 0 saturated carbocycles. The Morgan fingerprint density at radius 2 is 2.03 bits per heavy atom. The van der Waals surface area contributed by atoms with E-state index in [9.17, 15) is 14.7 Å². The number of para-hydroxylation sites is 1. The van der Waals surface area contributed by atoms with Crippen LogP contribution in [0, 0.1) is 0 Å². The van der Waals surface area contributed by atoms with Gasteiger partial charge in [0.15, 0.2) is 4.80 Å². The predicted molar refractivity (Wildman–Crippen MR) is 138 cm³/mol. The molecule has 2 aromatic carbocycles. The zero-order valence-corrected chi connectivity index (χ0v) is 22.0. The molecule has 1 N–H and O–H groups in total. The van der Waals surface area contributed by atoms with Gasteiger partial charge >= 0.3 is 5.97 Å². The molecule has 35 heavy (non-hydrogen) atoms. The lowest BCUT2D eigenvalue weighted by molar-refractivity contribution is -0.139. The Kier molecular flexibility index (Phi) is 7.57. The largest absolute Gasteiger partial charge is 0.507 e. The summed E-state index contributed by atoms with van der Waals surface area (Å²) in [5.41, 5.74) is 1.63. The van der Waals surface area contributed by atoms with E-state index in [2.05, 4.69) is 20.9 Å². The number of ether oxygens (including phenoxy) is 2. The highest BCUT2D eigenvalue weighted by atomic mass is 79.9. The molecular weight excluding hydrogens is 532 g/mol. The zero-order valence-electron chi connectivity index (χ0n) is 19.6. The highest BCUT2D eigenvalue weighted by molar-refractivity contribution is 9.10. The fourth-order valence-electron chi connectivity index (χ4n) is 3.92. The smallest absolute Gasteiger partial charge is 0.338 e. The number of benzene rings is 2. The van der Waals surface area contributed by atoms with Gasteiger partial charge in [-0.25, -0.2) is 9.79 Å². The van der Waals surface area contributed by atoms with Crippen LogP contribution in [0.3, 0.4) is 0 Å². The summed E-state index contributed by atoms with van der Waals surface area (Å²) < 4.78 is 14.0. The second kappa shape index (κ2) is 10.6. The van der Waals surface area contributed by atoms with E-state index in [-0.39, 0.29) is 17.9 Å². The van der Waals surface area contributed by atoms with E-state index in [1.54, 1.807) is 38.1 Å². The van der Waals surface area contributed by atoms with Gasteiger partial charge in [0.05, 0.1) is 29.0 Å². The number of allylic oxidation sites excluding steroid dienone is 1. The number of esters is 1. The molecule has 1 aliphatic rings. The number of rotatable bonds is 7. The molecule has 1 aromatic heterocycles. The number of carbonyl (C=O) groups is 1. The Balaban J connectivity index is 1.98. The molecule has 3 aromatic rings. The van der Waals surface area contributed by atoms with Crippen molar-refractivity contribution < 1.29 is 19.4 Å². The summed E-state index contributed by atoms with van der Waals surface area (Å²) in [6.07, 6.45) is 2.44. The minimum absolute atomic E-state index is 0.0530. The number of hydrogen-bond donors (Lipinski definition) is 1. The van der Waals surface area contributed by atoms with Gasteiger partial charge in [-0.3, -0.25) is 9.36 Å². The number of fused-ring (bicyclic) bond motifs is 1. The van der Waals surface area contributed by atoms with Crippen molar-refractivity contribution in [2.45, 2.75) is 33.2 Å². The minimum Gasteiger partial charge on any atom is -0.507 e. The van der Waals surface area contributed by atoms with Crippen LogP contribution in [0.1, 0.15) is 44.4 Å². The average molecular weight is 557 g/mol. The summed E-state index contributed by atoms with van der Waals surface area (Å²) in [5.74, 6) is 0.121. The zero-order chi connectivity index (χ0) is 25.1. The Hall–Kier alpha value is -3.17. The van der Waals surface area contributed by atoms with Crippen LogP contribution in [-0.2, 0) is 9.53 Å². The van der Waals surface area contributed by atoms with E-state index < -0.39 is 12.0 Å². The topological polar surface area (TPSA) is 90.1 Å². The molecule has 7 nitrogen and oxygen atoms in total. The Morgan fingerprint density at radius 1 is 1.26 bits per heavy atom. The summed E-state index contributed by atoms with van der Waals surface area (Å²) in [6.45, 7) is 6.19. The number of phenolic OH excluding ortho intramolecular Hbond substituents is 1. The first kappa shape index (κ1) is 24.9. The standard InChI is InChI=1S/C26H25BrN2O5S/c1-4-12-34-20-9-7-6-8-18(20)23-22(25(32)33-5-2)15(3)28-26-29(23)24(31)21(35-26)14-16-13-17(27)10-11-19(16)30/h6-11,13-14,23,30H,4-5,12H2,1-3H3/b21-14-/t23-/m1/s1. The Morgan fingerprint density at radius 3 is 2.77 bits per heavy atom. The van der Waals surface area contributed by atoms with Gasteiger partial charge in [-0.1, -0.05) is 52.4 Å². The quantitative estimate of drug-likeness (QED) is 0.443. The number of aromatic nitrogens is 1. The summed E-state index contributed by atoms with van der Waals surface area (Å²) in [6, 6.07) is 11.6. The monoisotopic (exact) mass is 556 g/mol. The van der Waals surface area contributed by atoms with Gasteiger partial charge in [-0.15, -0.1) is 0 Å². The third-order valence-electron chi connectivity index (χ3n) is 5.47. The number of hydrogen-bond acceptors (Lipinski definition) is 7. The number of carbonyl (C=O) groups excluding carboxylic acids is 1. The SMILES string of the molecule is CCCOc1ccccc1[C@@H]1C(C(=O)OCC)=C(C)N=c2s/c(=C\c3cc(Br)ccc3O)c(=O)n21. The third-order valence-corrected chi connectivity index (χ3v) is 6.94. The van der Waals surface area contributed by atoms with Gasteiger partial charge in [0.2, 0.25) is 0 Å². The van der Waals surface area contributed by atoms with Crippen LogP contribution in [0.5, 0.6) is 11.5 Å². The molecule has 0 amide bonds. The predicted octanol–water partition coefficient (Wildman–Crippen LogP) is 4.06. The van der Waals surface area contributed by atoms with Crippen molar-refractivity contribution in [3.63, 3.8) is 0 Å². The molecule has 0 saturated heterocycles. The first-order chi connectivity index (χ1) is 16.8. The van der Waals surface area contributed by atoms with Crippen molar-refractivity contribution in [3.8, 4) is 11.5 Å². The second-order valence-electron chi connectivity index (χ2n) is 7.89. The third kappa shape index (κ3) is 4.97. The van der Waals surface area contributed by atoms with Gasteiger partial charge in [0, 0.05) is 15.6 Å². The van der Waals surface area contributed by atoms with Crippen LogP contribution in [0.4, 0.5) is 0 Å². The second-order valence-corrected chi connectivity index (χ2v) is 9.82. The first-order valence-corrected chi connectivity index (χ1v) is 12.9. The molecule has 0 unspecified atom stereocenters. The number of halogens is 1. The van der Waals surface area contributed by atoms with Crippen LogP contribution in [0.25, 0.3) is 6.08 Å². The molecule has 182 valence electrons. The fourth-order valence-corrected chi connectivity index (χ4v) is 5.33. The summed E-state index contributed by atoms with van der Waals surface area (Å²) in [4.78, 5) is 31.9. The first-order valence-electron chi connectivity index (χ1n) is 11.3. The minimum atomic E-state index is -0.767. The Bertz CT molecular complexity index is 1490. The molecule has 0 fully saturated rings. The van der Waals surface area contributed by atoms with Crippen LogP contribution in [0.15, 0.2) is 68.0 Å². The number of thiazole rings is 1. The number of nitrogens with zero attached hydrogens (tertiary/aromatic N) is 2. The maximum Gasteiger partial charge on any atom is 0.338 e. The van der Waals surface area contributed by atoms with E-state index >= 15 is 0 Å². The van der Waals surface area contributed by atoms with Crippen molar-refractivity contribution in [1.82, 2.24) is 4.57 Å². The molecule has 2 heterocycles. The highest BCUT2D eigenvalue weighted by Crippen LogP contribution is 2.36. The van der Waals surface area contributed by atoms with E-state index in [0.29, 0.717) is 44.1 Å². The van der Waals surface area contributed by atoms with E-state index in [1.807, 2.05) is 31.2 Å². The van der Waals surface area contributed by atoms with E-state index in [4.69, 9.17) is 9.47 Å². The van der Waals surface area contributed by atoms with Gasteiger partial charge < -0.3 is 14.6 Å². The lowest BCUT2D eigenvalue weighted by Crippen LogP contribution is -2.40. The average Bonchev–Trinajstić information content (AvgIpc) is 3.14. The van der Waals surface area contributed by atoms with Crippen molar-refractivity contribution in [1.29, 1.82) is 0 Å². The van der Waals surface area contributed by atoms with Crippen LogP contribution >= 0.6 is 27.3 Å². The molecule has 0 bridgehead atoms. The maximum atomic E-state index is 13.7. The number of phenols is 1.